The maximum atomic E-state index is 12.5. The summed E-state index contributed by atoms with van der Waals surface area (Å²) in [5.74, 6) is -0.0612. The molecule has 0 atom stereocenters. The summed E-state index contributed by atoms with van der Waals surface area (Å²) in [4.78, 5) is 12.3. The number of carbonyl (C=O) groups is 1. The van der Waals surface area contributed by atoms with E-state index in [9.17, 15) is 21.6 Å². The lowest BCUT2D eigenvalue weighted by molar-refractivity contribution is -0.123. The number of nitrogens with one attached hydrogen (secondary N) is 2. The van der Waals surface area contributed by atoms with Crippen LogP contribution in [0.5, 0.6) is 5.75 Å². The summed E-state index contributed by atoms with van der Waals surface area (Å²) in [6.07, 6.45) is 1.73. The maximum absolute atomic E-state index is 12.5. The summed E-state index contributed by atoms with van der Waals surface area (Å²) in [5, 5.41) is 2.57. The molecule has 2 aromatic carbocycles. The van der Waals surface area contributed by atoms with Gasteiger partial charge in [-0.3, -0.25) is 4.79 Å². The highest BCUT2D eigenvalue weighted by Crippen LogP contribution is 2.22. The van der Waals surface area contributed by atoms with Crippen molar-refractivity contribution in [2.75, 3.05) is 32.8 Å². The van der Waals surface area contributed by atoms with E-state index in [-0.39, 0.29) is 29.5 Å². The Morgan fingerprint density at radius 1 is 0.906 bits per heavy atom. The van der Waals surface area contributed by atoms with Crippen molar-refractivity contribution in [3.63, 3.8) is 0 Å². The Morgan fingerprint density at radius 3 is 2.12 bits per heavy atom. The topological polar surface area (TPSA) is 122 Å². The van der Waals surface area contributed by atoms with Crippen molar-refractivity contribution >= 4 is 26.0 Å². The van der Waals surface area contributed by atoms with E-state index in [0.29, 0.717) is 18.8 Å². The van der Waals surface area contributed by atoms with Gasteiger partial charge in [0.25, 0.3) is 5.91 Å². The van der Waals surface area contributed by atoms with Crippen molar-refractivity contribution in [1.29, 1.82) is 0 Å². The predicted octanol–water partition coefficient (Wildman–Crippen LogP) is 1.25. The second kappa shape index (κ2) is 10.4. The van der Waals surface area contributed by atoms with E-state index in [4.69, 9.17) is 4.74 Å². The van der Waals surface area contributed by atoms with Gasteiger partial charge in [-0.2, -0.15) is 4.31 Å². The molecule has 11 heteroatoms. The number of hydrogen-bond acceptors (Lipinski definition) is 6. The predicted molar refractivity (Wildman–Crippen MR) is 119 cm³/mol. The minimum Gasteiger partial charge on any atom is -0.484 e. The fraction of sp³-hybridized carbons (Fsp3) is 0.381. The van der Waals surface area contributed by atoms with Gasteiger partial charge in [0, 0.05) is 26.2 Å². The van der Waals surface area contributed by atoms with Gasteiger partial charge in [-0.25, -0.2) is 21.6 Å². The quantitative estimate of drug-likeness (QED) is 0.493. The van der Waals surface area contributed by atoms with Crippen molar-refractivity contribution in [3.05, 3.63) is 54.1 Å². The molecule has 1 heterocycles. The lowest BCUT2D eigenvalue weighted by Gasteiger charge is -2.15. The first-order valence-electron chi connectivity index (χ1n) is 10.2. The van der Waals surface area contributed by atoms with E-state index >= 15 is 0 Å². The van der Waals surface area contributed by atoms with Crippen molar-refractivity contribution < 1.29 is 26.4 Å². The molecule has 1 aliphatic heterocycles. The standard InChI is InChI=1S/C21H27N3O6S2/c1-17-4-8-19(9-5-17)31(26,27)23-13-12-22-21(25)16-30-18-6-10-20(11-7-18)32(28,29)24-14-2-3-15-24/h4-11,23H,2-3,12-16H2,1H3,(H,22,25). The summed E-state index contributed by atoms with van der Waals surface area (Å²) < 4.78 is 58.7. The number of sulfonamides is 2. The highest BCUT2D eigenvalue weighted by Gasteiger charge is 2.27. The van der Waals surface area contributed by atoms with Gasteiger partial charge in [0.05, 0.1) is 9.79 Å². The van der Waals surface area contributed by atoms with E-state index in [1.54, 1.807) is 12.1 Å². The molecule has 2 N–H and O–H groups in total. The molecule has 0 unspecified atom stereocenters. The Morgan fingerprint density at radius 2 is 1.50 bits per heavy atom. The molecule has 9 nitrogen and oxygen atoms in total. The zero-order valence-corrected chi connectivity index (χ0v) is 19.4. The summed E-state index contributed by atoms with van der Waals surface area (Å²) in [7, 11) is -7.13. The number of amides is 1. The molecule has 0 saturated carbocycles. The third-order valence-electron chi connectivity index (χ3n) is 4.97. The molecular formula is C21H27N3O6S2. The molecule has 32 heavy (non-hydrogen) atoms. The van der Waals surface area contributed by atoms with Crippen LogP contribution in [0.2, 0.25) is 0 Å². The van der Waals surface area contributed by atoms with Gasteiger partial charge in [0.15, 0.2) is 6.61 Å². The molecule has 0 aromatic heterocycles. The number of benzene rings is 2. The minimum absolute atomic E-state index is 0.0327. The molecule has 0 bridgehead atoms. The Labute approximate surface area is 188 Å². The van der Waals surface area contributed by atoms with Crippen LogP contribution in [0.3, 0.4) is 0 Å². The van der Waals surface area contributed by atoms with Crippen LogP contribution < -0.4 is 14.8 Å². The second-order valence-electron chi connectivity index (χ2n) is 7.43. The third kappa shape index (κ3) is 6.28. The maximum Gasteiger partial charge on any atom is 0.257 e. The molecule has 1 saturated heterocycles. The van der Waals surface area contributed by atoms with Crippen molar-refractivity contribution in [3.8, 4) is 5.75 Å². The molecule has 0 spiro atoms. The van der Waals surface area contributed by atoms with Crippen LogP contribution in [0, 0.1) is 6.92 Å². The summed E-state index contributed by atoms with van der Waals surface area (Å²) in [5.41, 5.74) is 0.957. The van der Waals surface area contributed by atoms with Crippen LogP contribution in [-0.4, -0.2) is 59.8 Å². The molecule has 1 amide bonds. The first-order chi connectivity index (χ1) is 15.2. The van der Waals surface area contributed by atoms with Crippen LogP contribution in [-0.2, 0) is 24.8 Å². The van der Waals surface area contributed by atoms with Crippen LogP contribution in [0.1, 0.15) is 18.4 Å². The molecule has 2 aromatic rings. The van der Waals surface area contributed by atoms with Crippen LogP contribution in [0.15, 0.2) is 58.3 Å². The van der Waals surface area contributed by atoms with Gasteiger partial charge >= 0.3 is 0 Å². The van der Waals surface area contributed by atoms with E-state index in [0.717, 1.165) is 18.4 Å². The van der Waals surface area contributed by atoms with Crippen molar-refractivity contribution in [1.82, 2.24) is 14.3 Å². The van der Waals surface area contributed by atoms with Gasteiger partial charge < -0.3 is 10.1 Å². The van der Waals surface area contributed by atoms with Crippen molar-refractivity contribution in [2.24, 2.45) is 0 Å². The first kappa shape index (κ1) is 24.2. The average molecular weight is 482 g/mol. The molecule has 0 aliphatic carbocycles. The lowest BCUT2D eigenvalue weighted by Crippen LogP contribution is -2.36. The van der Waals surface area contributed by atoms with E-state index in [1.165, 1.54) is 40.7 Å². The number of hydrogen-bond donors (Lipinski definition) is 2. The SMILES string of the molecule is Cc1ccc(S(=O)(=O)NCCNC(=O)COc2ccc(S(=O)(=O)N3CCCC3)cc2)cc1. The van der Waals surface area contributed by atoms with Gasteiger partial charge in [-0.1, -0.05) is 17.7 Å². The number of ether oxygens (including phenoxy) is 1. The Bertz CT molecular complexity index is 1130. The zero-order chi connectivity index (χ0) is 23.2. The number of aryl methyl sites for hydroxylation is 1. The van der Waals surface area contributed by atoms with Gasteiger partial charge in [-0.05, 0) is 56.2 Å². The van der Waals surface area contributed by atoms with Crippen LogP contribution in [0.4, 0.5) is 0 Å². The van der Waals surface area contributed by atoms with Crippen molar-refractivity contribution in [2.45, 2.75) is 29.6 Å². The van der Waals surface area contributed by atoms with Crippen LogP contribution in [0.25, 0.3) is 0 Å². The Kier molecular flexibility index (Phi) is 7.88. The number of carbonyl (C=O) groups excluding carboxylic acids is 1. The third-order valence-corrected chi connectivity index (χ3v) is 8.36. The fourth-order valence-electron chi connectivity index (χ4n) is 3.17. The van der Waals surface area contributed by atoms with Gasteiger partial charge in [-0.15, -0.1) is 0 Å². The smallest absolute Gasteiger partial charge is 0.257 e. The fourth-order valence-corrected chi connectivity index (χ4v) is 5.72. The first-order valence-corrected chi connectivity index (χ1v) is 13.2. The summed E-state index contributed by atoms with van der Waals surface area (Å²) in [6, 6.07) is 12.4. The van der Waals surface area contributed by atoms with Crippen LogP contribution >= 0.6 is 0 Å². The highest BCUT2D eigenvalue weighted by atomic mass is 32.2. The highest BCUT2D eigenvalue weighted by molar-refractivity contribution is 7.89. The van der Waals surface area contributed by atoms with E-state index < -0.39 is 26.0 Å². The van der Waals surface area contributed by atoms with Gasteiger partial charge in [0.1, 0.15) is 5.75 Å². The molecule has 1 aliphatic rings. The minimum atomic E-state index is -3.64. The normalized spacial score (nSPS) is 14.9. The summed E-state index contributed by atoms with van der Waals surface area (Å²) >= 11 is 0. The number of nitrogens with zero attached hydrogens (tertiary/aromatic N) is 1. The molecule has 3 rings (SSSR count). The van der Waals surface area contributed by atoms with E-state index in [1.807, 2.05) is 6.92 Å². The Hall–Kier alpha value is -2.47. The molecule has 174 valence electrons. The average Bonchev–Trinajstić information content (AvgIpc) is 3.32. The van der Waals surface area contributed by atoms with Gasteiger partial charge in [0.2, 0.25) is 20.0 Å². The summed E-state index contributed by atoms with van der Waals surface area (Å²) in [6.45, 7) is 2.78. The molecular weight excluding hydrogens is 454 g/mol. The largest absolute Gasteiger partial charge is 0.484 e. The molecule has 1 fully saturated rings. The zero-order valence-electron chi connectivity index (χ0n) is 17.8. The number of rotatable bonds is 10. The monoisotopic (exact) mass is 481 g/mol. The Balaban J connectivity index is 1.40. The van der Waals surface area contributed by atoms with E-state index in [2.05, 4.69) is 10.0 Å². The molecule has 0 radical (unpaired) electrons. The second-order valence-corrected chi connectivity index (χ2v) is 11.1. The lowest BCUT2D eigenvalue weighted by atomic mass is 10.2.